The van der Waals surface area contributed by atoms with Gasteiger partial charge in [0.2, 0.25) is 5.91 Å². The molecule has 1 N–H and O–H groups in total. The molecule has 1 aromatic heterocycles. The van der Waals surface area contributed by atoms with Crippen LogP contribution >= 0.6 is 23.2 Å². The third kappa shape index (κ3) is 4.88. The van der Waals surface area contributed by atoms with Gasteiger partial charge in [0.25, 0.3) is 0 Å². The Morgan fingerprint density at radius 1 is 1.24 bits per heavy atom. The number of rotatable bonds is 6. The molecule has 1 saturated heterocycles. The molecule has 0 unspecified atom stereocenters. The summed E-state index contributed by atoms with van der Waals surface area (Å²) in [7, 11) is 0. The first-order valence-corrected chi connectivity index (χ1v) is 9.07. The van der Waals surface area contributed by atoms with Crippen LogP contribution in [0.2, 0.25) is 10.0 Å². The van der Waals surface area contributed by atoms with Crippen LogP contribution in [0.1, 0.15) is 30.2 Å². The first-order chi connectivity index (χ1) is 12.1. The van der Waals surface area contributed by atoms with Crippen molar-refractivity contribution in [3.8, 4) is 0 Å². The van der Waals surface area contributed by atoms with Gasteiger partial charge in [0.05, 0.1) is 22.4 Å². The summed E-state index contributed by atoms with van der Waals surface area (Å²) in [4.78, 5) is 14.5. The van der Waals surface area contributed by atoms with E-state index in [1.165, 1.54) is 18.9 Å². The highest BCUT2D eigenvalue weighted by atomic mass is 35.5. The highest BCUT2D eigenvalue weighted by Crippen LogP contribution is 2.25. The van der Waals surface area contributed by atoms with Crippen molar-refractivity contribution >= 4 is 35.2 Å². The molecule has 0 saturated carbocycles. The molecule has 132 valence electrons. The maximum atomic E-state index is 12.2. The van der Waals surface area contributed by atoms with Gasteiger partial charge >= 0.3 is 0 Å². The fraction of sp³-hybridized carbons (Fsp3) is 0.316. The van der Waals surface area contributed by atoms with Gasteiger partial charge in [-0.1, -0.05) is 29.3 Å². The summed E-state index contributed by atoms with van der Waals surface area (Å²) in [5.41, 5.74) is 0.826. The van der Waals surface area contributed by atoms with Crippen LogP contribution < -0.4 is 5.32 Å². The van der Waals surface area contributed by atoms with E-state index in [4.69, 9.17) is 27.6 Å². The van der Waals surface area contributed by atoms with E-state index in [-0.39, 0.29) is 11.9 Å². The molecule has 0 bridgehead atoms. The average molecular weight is 379 g/mol. The normalized spacial score (nSPS) is 16.4. The first-order valence-electron chi connectivity index (χ1n) is 8.32. The molecule has 1 fully saturated rings. The summed E-state index contributed by atoms with van der Waals surface area (Å²) >= 11 is 11.9. The number of likely N-dealkylation sites (tertiary alicyclic amines) is 1. The maximum absolute atomic E-state index is 12.2. The molecule has 0 radical (unpaired) electrons. The summed E-state index contributed by atoms with van der Waals surface area (Å²) in [6.45, 7) is 2.57. The molecule has 1 atom stereocenters. The van der Waals surface area contributed by atoms with Crippen molar-refractivity contribution < 1.29 is 9.21 Å². The van der Waals surface area contributed by atoms with E-state index >= 15 is 0 Å². The predicted octanol–water partition coefficient (Wildman–Crippen LogP) is 4.55. The molecule has 1 aliphatic rings. The van der Waals surface area contributed by atoms with Crippen LogP contribution in [-0.4, -0.2) is 30.4 Å². The molecule has 1 aliphatic heterocycles. The molecule has 2 aromatic rings. The van der Waals surface area contributed by atoms with Gasteiger partial charge in [-0.15, -0.1) is 0 Å². The first kappa shape index (κ1) is 18.1. The lowest BCUT2D eigenvalue weighted by Gasteiger charge is -2.25. The Morgan fingerprint density at radius 3 is 2.72 bits per heavy atom. The molecule has 6 heteroatoms. The highest BCUT2D eigenvalue weighted by molar-refractivity contribution is 6.42. The molecular weight excluding hydrogens is 359 g/mol. The Morgan fingerprint density at radius 2 is 2.04 bits per heavy atom. The van der Waals surface area contributed by atoms with E-state index in [0.717, 1.165) is 24.4 Å². The van der Waals surface area contributed by atoms with Crippen molar-refractivity contribution in [2.45, 2.75) is 18.9 Å². The molecule has 0 spiro atoms. The molecular formula is C19H20Cl2N2O2. The molecule has 25 heavy (non-hydrogen) atoms. The second kappa shape index (κ2) is 8.56. The SMILES string of the molecule is O=C(/C=C/c1ccc(Cl)c(Cl)c1)NC[C@H](c1ccco1)N1CCCC1. The molecule has 1 aromatic carbocycles. The van der Waals surface area contributed by atoms with Crippen LogP contribution in [0.15, 0.2) is 47.1 Å². The Kier molecular flexibility index (Phi) is 6.19. The molecule has 2 heterocycles. The van der Waals surface area contributed by atoms with Gasteiger partial charge in [-0.3, -0.25) is 9.69 Å². The predicted molar refractivity (Wildman–Crippen MR) is 101 cm³/mol. The summed E-state index contributed by atoms with van der Waals surface area (Å²) in [6, 6.07) is 9.16. The van der Waals surface area contributed by atoms with Gasteiger partial charge < -0.3 is 9.73 Å². The number of carbonyl (C=O) groups excluding carboxylic acids is 1. The minimum absolute atomic E-state index is 0.0693. The summed E-state index contributed by atoms with van der Waals surface area (Å²) in [5.74, 6) is 0.734. The lowest BCUT2D eigenvalue weighted by molar-refractivity contribution is -0.116. The van der Waals surface area contributed by atoms with Crippen LogP contribution in [-0.2, 0) is 4.79 Å². The van der Waals surface area contributed by atoms with E-state index in [2.05, 4.69) is 10.2 Å². The molecule has 0 aliphatic carbocycles. The van der Waals surface area contributed by atoms with Gasteiger partial charge in [-0.05, 0) is 61.8 Å². The standard InChI is InChI=1S/C19H20Cl2N2O2/c20-15-7-5-14(12-16(15)21)6-8-19(24)22-13-17(18-4-3-11-25-18)23-9-1-2-10-23/h3-8,11-12,17H,1-2,9-10,13H2,(H,22,24)/b8-6+/t17-/m1/s1. The average Bonchev–Trinajstić information content (AvgIpc) is 3.30. The quantitative estimate of drug-likeness (QED) is 0.749. The number of hydrogen-bond donors (Lipinski definition) is 1. The lowest BCUT2D eigenvalue weighted by Crippen LogP contribution is -2.36. The maximum Gasteiger partial charge on any atom is 0.244 e. The Hall–Kier alpha value is -1.75. The Labute approximate surface area is 157 Å². The van der Waals surface area contributed by atoms with Gasteiger partial charge in [0.15, 0.2) is 0 Å². The van der Waals surface area contributed by atoms with Crippen molar-refractivity contribution in [2.24, 2.45) is 0 Å². The van der Waals surface area contributed by atoms with E-state index in [9.17, 15) is 4.79 Å². The number of benzene rings is 1. The number of carbonyl (C=O) groups is 1. The highest BCUT2D eigenvalue weighted by Gasteiger charge is 2.25. The van der Waals surface area contributed by atoms with Gasteiger partial charge in [0.1, 0.15) is 5.76 Å². The van der Waals surface area contributed by atoms with Gasteiger partial charge in [-0.2, -0.15) is 0 Å². The van der Waals surface area contributed by atoms with E-state index in [0.29, 0.717) is 16.6 Å². The van der Waals surface area contributed by atoms with Crippen molar-refractivity contribution in [2.75, 3.05) is 19.6 Å². The second-order valence-electron chi connectivity index (χ2n) is 6.03. The smallest absolute Gasteiger partial charge is 0.244 e. The topological polar surface area (TPSA) is 45.5 Å². The fourth-order valence-corrected chi connectivity index (χ4v) is 3.29. The van der Waals surface area contributed by atoms with Crippen molar-refractivity contribution in [3.05, 3.63) is 64.0 Å². The van der Waals surface area contributed by atoms with Crippen LogP contribution in [0.3, 0.4) is 0 Å². The number of amides is 1. The number of halogens is 2. The van der Waals surface area contributed by atoms with Gasteiger partial charge in [-0.25, -0.2) is 0 Å². The zero-order chi connectivity index (χ0) is 17.6. The van der Waals surface area contributed by atoms with E-state index in [1.54, 1.807) is 24.5 Å². The summed E-state index contributed by atoms with van der Waals surface area (Å²) < 4.78 is 5.56. The molecule has 1 amide bonds. The lowest BCUT2D eigenvalue weighted by atomic mass is 10.2. The van der Waals surface area contributed by atoms with Crippen LogP contribution in [0, 0.1) is 0 Å². The van der Waals surface area contributed by atoms with Crippen LogP contribution in [0.5, 0.6) is 0 Å². The van der Waals surface area contributed by atoms with Crippen molar-refractivity contribution in [1.29, 1.82) is 0 Å². The Balaban J connectivity index is 1.59. The van der Waals surface area contributed by atoms with E-state index < -0.39 is 0 Å². The van der Waals surface area contributed by atoms with Gasteiger partial charge in [0, 0.05) is 12.6 Å². The minimum Gasteiger partial charge on any atom is -0.468 e. The molecule has 3 rings (SSSR count). The summed E-state index contributed by atoms with van der Waals surface area (Å²) in [6.07, 6.45) is 7.26. The fourth-order valence-electron chi connectivity index (χ4n) is 2.99. The largest absolute Gasteiger partial charge is 0.468 e. The second-order valence-corrected chi connectivity index (χ2v) is 6.84. The van der Waals surface area contributed by atoms with Crippen molar-refractivity contribution in [3.63, 3.8) is 0 Å². The van der Waals surface area contributed by atoms with E-state index in [1.807, 2.05) is 18.2 Å². The molecule has 4 nitrogen and oxygen atoms in total. The zero-order valence-corrected chi connectivity index (χ0v) is 15.3. The number of nitrogens with zero attached hydrogens (tertiary/aromatic N) is 1. The number of hydrogen-bond acceptors (Lipinski definition) is 3. The summed E-state index contributed by atoms with van der Waals surface area (Å²) in [5, 5.41) is 3.92. The Bertz CT molecular complexity index is 738. The van der Waals surface area contributed by atoms with Crippen LogP contribution in [0.25, 0.3) is 6.08 Å². The third-order valence-electron chi connectivity index (χ3n) is 4.29. The minimum atomic E-state index is -0.151. The van der Waals surface area contributed by atoms with Crippen LogP contribution in [0.4, 0.5) is 0 Å². The zero-order valence-electron chi connectivity index (χ0n) is 13.8. The monoisotopic (exact) mass is 378 g/mol. The number of nitrogens with one attached hydrogen (secondary N) is 1. The third-order valence-corrected chi connectivity index (χ3v) is 5.03. The van der Waals surface area contributed by atoms with Crippen molar-refractivity contribution in [1.82, 2.24) is 10.2 Å². The number of furan rings is 1.